The van der Waals surface area contributed by atoms with Gasteiger partial charge in [-0.25, -0.2) is 0 Å². The number of carbonyl (C=O) groups excluding carboxylic acids is 2. The zero-order chi connectivity index (χ0) is 15.9. The average Bonchev–Trinajstić information content (AvgIpc) is 3.02. The molecule has 1 aromatic heterocycles. The monoisotopic (exact) mass is 317 g/mol. The number of ketones is 1. The zero-order valence-electron chi connectivity index (χ0n) is 12.4. The minimum atomic E-state index is -0.832. The Balaban J connectivity index is 1.80. The molecule has 0 aliphatic rings. The molecule has 1 amide bonds. The van der Waals surface area contributed by atoms with Crippen molar-refractivity contribution >= 4 is 23.0 Å². The van der Waals surface area contributed by atoms with E-state index in [1.54, 1.807) is 25.1 Å². The predicted molar refractivity (Wildman–Crippen MR) is 86.9 cm³/mol. The van der Waals surface area contributed by atoms with Crippen molar-refractivity contribution in [3.8, 4) is 0 Å². The van der Waals surface area contributed by atoms with Gasteiger partial charge in [0.2, 0.25) is 5.91 Å². The van der Waals surface area contributed by atoms with E-state index in [1.165, 1.54) is 11.3 Å². The number of benzene rings is 1. The van der Waals surface area contributed by atoms with Gasteiger partial charge >= 0.3 is 0 Å². The number of carbonyl (C=O) groups is 2. The van der Waals surface area contributed by atoms with Crippen molar-refractivity contribution in [1.29, 1.82) is 0 Å². The van der Waals surface area contributed by atoms with Crippen molar-refractivity contribution in [2.45, 2.75) is 31.9 Å². The second-order valence-electron chi connectivity index (χ2n) is 5.20. The highest BCUT2D eigenvalue weighted by molar-refractivity contribution is 7.12. The maximum atomic E-state index is 12.0. The van der Waals surface area contributed by atoms with Gasteiger partial charge < -0.3 is 10.4 Å². The molecule has 0 bridgehead atoms. The van der Waals surface area contributed by atoms with Crippen molar-refractivity contribution in [3.63, 3.8) is 0 Å². The van der Waals surface area contributed by atoms with E-state index >= 15 is 0 Å². The molecule has 0 radical (unpaired) electrons. The van der Waals surface area contributed by atoms with Crippen LogP contribution >= 0.6 is 11.3 Å². The molecule has 0 saturated carbocycles. The Labute approximate surface area is 133 Å². The molecule has 0 aliphatic carbocycles. The van der Waals surface area contributed by atoms with Crippen LogP contribution in [-0.4, -0.2) is 22.8 Å². The molecular formula is C17H19NO3S. The summed E-state index contributed by atoms with van der Waals surface area (Å²) in [6.07, 6.45) is -0.587. The number of Topliss-reactive ketones (excluding diaryl/α,β-unsaturated/α-hetero) is 1. The summed E-state index contributed by atoms with van der Waals surface area (Å²) in [5.74, 6) is -0.241. The normalized spacial score (nSPS) is 13.4. The predicted octanol–water partition coefficient (Wildman–Crippen LogP) is 2.95. The fourth-order valence-electron chi connectivity index (χ4n) is 2.17. The smallest absolute Gasteiger partial charge is 0.223 e. The van der Waals surface area contributed by atoms with E-state index in [9.17, 15) is 14.7 Å². The average molecular weight is 317 g/mol. The maximum Gasteiger partial charge on any atom is 0.223 e. The van der Waals surface area contributed by atoms with Gasteiger partial charge in [-0.2, -0.15) is 0 Å². The molecule has 0 spiro atoms. The molecule has 0 saturated heterocycles. The first-order chi connectivity index (χ1) is 10.6. The topological polar surface area (TPSA) is 66.4 Å². The van der Waals surface area contributed by atoms with Crippen molar-refractivity contribution in [2.75, 3.05) is 0 Å². The lowest BCUT2D eigenvalue weighted by Gasteiger charge is -2.15. The van der Waals surface area contributed by atoms with Crippen LogP contribution in [0.1, 0.15) is 41.1 Å². The number of nitrogens with one attached hydrogen (secondary N) is 1. The number of thiophene rings is 1. The summed E-state index contributed by atoms with van der Waals surface area (Å²) >= 11 is 1.40. The number of rotatable bonds is 7. The Hall–Kier alpha value is -1.98. The van der Waals surface area contributed by atoms with E-state index in [0.717, 1.165) is 0 Å². The van der Waals surface area contributed by atoms with Gasteiger partial charge in [0.25, 0.3) is 0 Å². The van der Waals surface area contributed by atoms with Gasteiger partial charge in [-0.3, -0.25) is 9.59 Å². The fourth-order valence-corrected chi connectivity index (χ4v) is 2.84. The van der Waals surface area contributed by atoms with Crippen LogP contribution in [0.15, 0.2) is 47.8 Å². The molecule has 22 heavy (non-hydrogen) atoms. The van der Waals surface area contributed by atoms with Crippen LogP contribution in [0, 0.1) is 0 Å². The Morgan fingerprint density at radius 1 is 1.14 bits per heavy atom. The summed E-state index contributed by atoms with van der Waals surface area (Å²) in [5.41, 5.74) is 0.708. The molecule has 2 rings (SSSR count). The van der Waals surface area contributed by atoms with E-state index in [0.29, 0.717) is 10.4 Å². The molecule has 2 atom stereocenters. The SMILES string of the molecule is CC(CC(=O)c1cccs1)NC(=O)CC(O)c1ccccc1. The van der Waals surface area contributed by atoms with E-state index in [2.05, 4.69) is 5.32 Å². The minimum Gasteiger partial charge on any atom is -0.388 e. The highest BCUT2D eigenvalue weighted by atomic mass is 32.1. The van der Waals surface area contributed by atoms with Crippen molar-refractivity contribution in [3.05, 3.63) is 58.3 Å². The molecule has 0 fully saturated rings. The summed E-state index contributed by atoms with van der Waals surface area (Å²) in [7, 11) is 0. The largest absolute Gasteiger partial charge is 0.388 e. The number of aliphatic hydroxyl groups excluding tert-OH is 1. The quantitative estimate of drug-likeness (QED) is 0.772. The van der Waals surface area contributed by atoms with Crippen LogP contribution in [0.4, 0.5) is 0 Å². The van der Waals surface area contributed by atoms with E-state index in [4.69, 9.17) is 0 Å². The van der Waals surface area contributed by atoms with Gasteiger partial charge in [-0.15, -0.1) is 11.3 Å². The molecule has 1 heterocycles. The lowest BCUT2D eigenvalue weighted by atomic mass is 10.1. The van der Waals surface area contributed by atoms with Crippen LogP contribution in [0.3, 0.4) is 0 Å². The Morgan fingerprint density at radius 3 is 2.50 bits per heavy atom. The number of amides is 1. The van der Waals surface area contributed by atoms with E-state index in [1.807, 2.05) is 29.6 Å². The van der Waals surface area contributed by atoms with Crippen molar-refractivity contribution < 1.29 is 14.7 Å². The summed E-state index contributed by atoms with van der Waals surface area (Å²) in [4.78, 5) is 24.6. The lowest BCUT2D eigenvalue weighted by molar-refractivity contribution is -0.123. The molecule has 2 unspecified atom stereocenters. The molecular weight excluding hydrogens is 298 g/mol. The Bertz CT molecular complexity index is 610. The summed E-state index contributed by atoms with van der Waals surface area (Å²) < 4.78 is 0. The van der Waals surface area contributed by atoms with Gasteiger partial charge in [0, 0.05) is 12.5 Å². The van der Waals surface area contributed by atoms with Crippen LogP contribution in [0.25, 0.3) is 0 Å². The van der Waals surface area contributed by atoms with Crippen LogP contribution in [0.5, 0.6) is 0 Å². The first-order valence-electron chi connectivity index (χ1n) is 7.15. The molecule has 0 aliphatic heterocycles. The Morgan fingerprint density at radius 2 is 1.86 bits per heavy atom. The second kappa shape index (κ2) is 7.87. The second-order valence-corrected chi connectivity index (χ2v) is 6.15. The van der Waals surface area contributed by atoms with Gasteiger partial charge in [0.1, 0.15) is 0 Å². The van der Waals surface area contributed by atoms with Crippen LogP contribution in [0.2, 0.25) is 0 Å². The first kappa shape index (κ1) is 16.4. The fraction of sp³-hybridized carbons (Fsp3) is 0.294. The number of aliphatic hydroxyl groups is 1. The third kappa shape index (κ3) is 4.79. The van der Waals surface area contributed by atoms with Crippen molar-refractivity contribution in [1.82, 2.24) is 5.32 Å². The van der Waals surface area contributed by atoms with Gasteiger partial charge in [-0.05, 0) is 23.9 Å². The maximum absolute atomic E-state index is 12.0. The molecule has 2 N–H and O–H groups in total. The third-order valence-corrected chi connectivity index (χ3v) is 4.17. The highest BCUT2D eigenvalue weighted by Crippen LogP contribution is 2.16. The lowest BCUT2D eigenvalue weighted by Crippen LogP contribution is -2.34. The van der Waals surface area contributed by atoms with Gasteiger partial charge in [0.15, 0.2) is 5.78 Å². The van der Waals surface area contributed by atoms with Gasteiger partial charge in [-0.1, -0.05) is 36.4 Å². The van der Waals surface area contributed by atoms with Gasteiger partial charge in [0.05, 0.1) is 17.4 Å². The van der Waals surface area contributed by atoms with Crippen LogP contribution in [-0.2, 0) is 4.79 Å². The molecule has 1 aromatic carbocycles. The molecule has 2 aromatic rings. The summed E-state index contributed by atoms with van der Waals surface area (Å²) in [6.45, 7) is 1.79. The standard InChI is InChI=1S/C17H19NO3S/c1-12(10-15(20)16-8-5-9-22-16)18-17(21)11-14(19)13-6-3-2-4-7-13/h2-9,12,14,19H,10-11H2,1H3,(H,18,21). The third-order valence-electron chi connectivity index (χ3n) is 3.26. The van der Waals surface area contributed by atoms with Crippen LogP contribution < -0.4 is 5.32 Å². The molecule has 4 nitrogen and oxygen atoms in total. The summed E-state index contributed by atoms with van der Waals surface area (Å²) in [6, 6.07) is 12.4. The minimum absolute atomic E-state index is 0.0124. The van der Waals surface area contributed by atoms with E-state index < -0.39 is 6.10 Å². The number of hydrogen-bond acceptors (Lipinski definition) is 4. The highest BCUT2D eigenvalue weighted by Gasteiger charge is 2.17. The Kier molecular flexibility index (Phi) is 5.86. The summed E-state index contributed by atoms with van der Waals surface area (Å²) in [5, 5.41) is 14.6. The molecule has 116 valence electrons. The number of hydrogen-bond donors (Lipinski definition) is 2. The zero-order valence-corrected chi connectivity index (χ0v) is 13.2. The first-order valence-corrected chi connectivity index (χ1v) is 8.03. The van der Waals surface area contributed by atoms with E-state index in [-0.39, 0.29) is 30.6 Å². The van der Waals surface area contributed by atoms with Crippen molar-refractivity contribution in [2.24, 2.45) is 0 Å². The molecule has 5 heteroatoms.